The van der Waals surface area contributed by atoms with Crippen LogP contribution in [-0.4, -0.2) is 94.5 Å². The topological polar surface area (TPSA) is 128 Å². The number of esters is 1. The molecule has 2 N–H and O–H groups in total. The molecule has 234 valence electrons. The number of carboxylic acids is 1. The number of amidine groups is 1. The summed E-state index contributed by atoms with van der Waals surface area (Å²) < 4.78 is 19.1. The molecule has 2 atom stereocenters. The first kappa shape index (κ1) is 30.7. The smallest absolute Gasteiger partial charge is 0.338 e. The minimum atomic E-state index is -0.890. The van der Waals surface area contributed by atoms with Gasteiger partial charge in [-0.3, -0.25) is 14.7 Å². The van der Waals surface area contributed by atoms with E-state index in [0.29, 0.717) is 66.9 Å². The first-order chi connectivity index (χ1) is 21.7. The van der Waals surface area contributed by atoms with Crippen LogP contribution < -0.4 is 5.32 Å². The van der Waals surface area contributed by atoms with Crippen molar-refractivity contribution in [1.29, 1.82) is 0 Å². The maximum atomic E-state index is 14.0. The zero-order valence-corrected chi connectivity index (χ0v) is 25.9. The summed E-state index contributed by atoms with van der Waals surface area (Å²) in [6.07, 6.45) is 1.61. The lowest BCUT2D eigenvalue weighted by molar-refractivity contribution is -0.137. The van der Waals surface area contributed by atoms with E-state index in [1.165, 1.54) is 36.6 Å². The van der Waals surface area contributed by atoms with Gasteiger partial charge in [-0.25, -0.2) is 19.0 Å². The van der Waals surface area contributed by atoms with E-state index in [4.69, 9.17) is 26.4 Å². The molecule has 1 unspecified atom stereocenters. The summed E-state index contributed by atoms with van der Waals surface area (Å²) in [4.78, 5) is 52.6. The van der Waals surface area contributed by atoms with Crippen molar-refractivity contribution in [3.63, 3.8) is 0 Å². The van der Waals surface area contributed by atoms with Crippen LogP contribution in [0.3, 0.4) is 0 Å². The molecule has 0 aliphatic carbocycles. The van der Waals surface area contributed by atoms with Gasteiger partial charge in [0.25, 0.3) is 0 Å². The van der Waals surface area contributed by atoms with E-state index in [1.54, 1.807) is 23.2 Å². The van der Waals surface area contributed by atoms with Gasteiger partial charge >= 0.3 is 18.0 Å². The molecule has 14 heteroatoms. The fourth-order valence-corrected chi connectivity index (χ4v) is 6.83. The van der Waals surface area contributed by atoms with E-state index in [-0.39, 0.29) is 29.1 Å². The first-order valence-electron chi connectivity index (χ1n) is 14.3. The highest BCUT2D eigenvalue weighted by atomic mass is 35.5. The van der Waals surface area contributed by atoms with E-state index in [2.05, 4.69) is 15.2 Å². The maximum Gasteiger partial charge on any atom is 0.338 e. The molecule has 0 bridgehead atoms. The fraction of sp³-hybridized carbons (Fsp3) is 0.323. The standard InChI is InChI=1S/C31H30ClFN6O5S/c1-44-30(42)26-24(35-28(29-34-8-11-45-29)36-27(26)22-7-6-20(33)13-23(22)32)17-37-9-10-39-21(15-37)16-38(31(39)43)14-19-4-2-18(3-5-19)12-25(40)41/h2-8,11,13,21,27H,9-10,12,14-17H2,1H3,(H,35,36)(H,40,41)/t21-,27?/m0/s1. The predicted octanol–water partition coefficient (Wildman–Crippen LogP) is 3.70. The quantitative estimate of drug-likeness (QED) is 0.335. The summed E-state index contributed by atoms with van der Waals surface area (Å²) in [5.41, 5.74) is 2.93. The predicted molar refractivity (Wildman–Crippen MR) is 166 cm³/mol. The molecular formula is C31H30ClFN6O5S. The van der Waals surface area contributed by atoms with Gasteiger partial charge in [0.2, 0.25) is 0 Å². The number of rotatable bonds is 9. The zero-order valence-electron chi connectivity index (χ0n) is 24.3. The number of halogens is 2. The first-order valence-corrected chi connectivity index (χ1v) is 15.5. The van der Waals surface area contributed by atoms with Gasteiger partial charge < -0.3 is 25.0 Å². The Morgan fingerprint density at radius 3 is 2.60 bits per heavy atom. The minimum absolute atomic E-state index is 0.0382. The number of aliphatic imine (C=N–C) groups is 1. The third-order valence-corrected chi connectivity index (χ3v) is 9.18. The van der Waals surface area contributed by atoms with Crippen LogP contribution in [0, 0.1) is 5.82 Å². The summed E-state index contributed by atoms with van der Waals surface area (Å²) in [5.74, 6) is -1.51. The third kappa shape index (κ3) is 6.56. The van der Waals surface area contributed by atoms with Crippen LogP contribution in [-0.2, 0) is 27.3 Å². The largest absolute Gasteiger partial charge is 0.481 e. The van der Waals surface area contributed by atoms with Gasteiger partial charge in [-0.1, -0.05) is 41.9 Å². The fourth-order valence-electron chi connectivity index (χ4n) is 5.97. The van der Waals surface area contributed by atoms with Crippen molar-refractivity contribution >= 4 is 46.7 Å². The molecule has 3 aliphatic heterocycles. The highest BCUT2D eigenvalue weighted by molar-refractivity contribution is 7.11. The number of hydrogen-bond acceptors (Lipinski definition) is 9. The molecule has 1 aromatic heterocycles. The van der Waals surface area contributed by atoms with Crippen molar-refractivity contribution in [2.45, 2.75) is 25.0 Å². The second-order valence-corrected chi connectivity index (χ2v) is 12.3. The third-order valence-electron chi connectivity index (χ3n) is 8.07. The second-order valence-electron chi connectivity index (χ2n) is 11.0. The number of nitrogens with one attached hydrogen (secondary N) is 1. The summed E-state index contributed by atoms with van der Waals surface area (Å²) in [6.45, 7) is 2.96. The lowest BCUT2D eigenvalue weighted by Crippen LogP contribution is -2.53. The SMILES string of the molecule is COC(=O)C1=C(CN2CCN3C(=O)N(Cc4ccc(CC(=O)O)cc4)C[C@@H]3C2)NC(c2nccs2)=NC1c1ccc(F)cc1Cl. The Balaban J connectivity index is 1.22. The van der Waals surface area contributed by atoms with E-state index in [0.717, 1.165) is 5.56 Å². The minimum Gasteiger partial charge on any atom is -0.481 e. The highest BCUT2D eigenvalue weighted by Crippen LogP contribution is 2.37. The van der Waals surface area contributed by atoms with Crippen LogP contribution in [0.4, 0.5) is 9.18 Å². The number of carbonyl (C=O) groups excluding carboxylic acids is 2. The number of aromatic nitrogens is 1. The number of aliphatic carboxylic acids is 1. The molecule has 0 saturated carbocycles. The van der Waals surface area contributed by atoms with Gasteiger partial charge in [0.15, 0.2) is 10.8 Å². The van der Waals surface area contributed by atoms with Crippen LogP contribution in [0.25, 0.3) is 0 Å². The number of amides is 2. The number of methoxy groups -OCH3 is 1. The summed E-state index contributed by atoms with van der Waals surface area (Å²) in [5, 5.41) is 14.9. The molecule has 11 nitrogen and oxygen atoms in total. The second kappa shape index (κ2) is 13.0. The lowest BCUT2D eigenvalue weighted by atomic mass is 9.95. The molecule has 0 spiro atoms. The van der Waals surface area contributed by atoms with E-state index in [9.17, 15) is 18.8 Å². The maximum absolute atomic E-state index is 14.0. The number of urea groups is 1. The van der Waals surface area contributed by atoms with Crippen molar-refractivity contribution in [1.82, 2.24) is 25.0 Å². The normalized spacial score (nSPS) is 20.2. The number of thiazole rings is 1. The molecule has 2 fully saturated rings. The van der Waals surface area contributed by atoms with E-state index < -0.39 is 23.8 Å². The molecule has 4 heterocycles. The van der Waals surface area contributed by atoms with Crippen molar-refractivity contribution in [3.05, 3.63) is 97.8 Å². The van der Waals surface area contributed by atoms with Crippen LogP contribution in [0.2, 0.25) is 5.02 Å². The molecule has 45 heavy (non-hydrogen) atoms. The Hall–Kier alpha value is -4.33. The Kier molecular flexibility index (Phi) is 8.83. The molecule has 0 radical (unpaired) electrons. The van der Waals surface area contributed by atoms with Gasteiger partial charge in [-0.05, 0) is 23.3 Å². The van der Waals surface area contributed by atoms with Gasteiger partial charge in [0.05, 0.1) is 25.1 Å². The average Bonchev–Trinajstić information content (AvgIpc) is 3.66. The van der Waals surface area contributed by atoms with Crippen LogP contribution >= 0.6 is 22.9 Å². The zero-order chi connectivity index (χ0) is 31.7. The number of hydrogen-bond donors (Lipinski definition) is 2. The monoisotopic (exact) mass is 652 g/mol. The number of carbonyl (C=O) groups is 3. The molecule has 6 rings (SSSR count). The van der Waals surface area contributed by atoms with Crippen molar-refractivity contribution in [3.8, 4) is 0 Å². The van der Waals surface area contributed by atoms with Crippen molar-refractivity contribution in [2.24, 2.45) is 4.99 Å². The summed E-state index contributed by atoms with van der Waals surface area (Å²) >= 11 is 7.86. The van der Waals surface area contributed by atoms with Crippen LogP contribution in [0.5, 0.6) is 0 Å². The van der Waals surface area contributed by atoms with Crippen molar-refractivity contribution in [2.75, 3.05) is 39.8 Å². The summed E-state index contributed by atoms with van der Waals surface area (Å²) in [6, 6.07) is 10.3. The highest BCUT2D eigenvalue weighted by Gasteiger charge is 2.41. The Morgan fingerprint density at radius 1 is 1.13 bits per heavy atom. The Labute approximate surface area is 267 Å². The lowest BCUT2D eigenvalue weighted by Gasteiger charge is -2.38. The van der Waals surface area contributed by atoms with Crippen LogP contribution in [0.15, 0.2) is 70.3 Å². The van der Waals surface area contributed by atoms with Gasteiger partial charge in [-0.2, -0.15) is 0 Å². The van der Waals surface area contributed by atoms with Gasteiger partial charge in [0, 0.05) is 67.1 Å². The Bertz CT molecular complexity index is 1680. The number of piperazine rings is 1. The van der Waals surface area contributed by atoms with Crippen molar-refractivity contribution < 1.29 is 28.6 Å². The van der Waals surface area contributed by atoms with Crippen LogP contribution in [0.1, 0.15) is 27.7 Å². The molecule has 2 amide bonds. The summed E-state index contributed by atoms with van der Waals surface area (Å²) in [7, 11) is 1.30. The van der Waals surface area contributed by atoms with E-state index in [1.807, 2.05) is 22.4 Å². The molecule has 3 aliphatic rings. The number of carboxylic acid groups (broad SMARTS) is 1. The number of nitrogens with zero attached hydrogens (tertiary/aromatic N) is 5. The molecule has 3 aromatic rings. The molecule has 2 aromatic carbocycles. The Morgan fingerprint density at radius 2 is 1.91 bits per heavy atom. The number of benzene rings is 2. The molecular weight excluding hydrogens is 623 g/mol. The average molecular weight is 653 g/mol. The number of ether oxygens (including phenoxy) is 1. The van der Waals surface area contributed by atoms with Gasteiger partial charge in [0.1, 0.15) is 11.9 Å². The van der Waals surface area contributed by atoms with Gasteiger partial charge in [-0.15, -0.1) is 11.3 Å². The van der Waals surface area contributed by atoms with E-state index >= 15 is 0 Å². The molecule has 2 saturated heterocycles. The number of fused-ring (bicyclic) bond motifs is 1.